The van der Waals surface area contributed by atoms with E-state index in [1.807, 2.05) is 30.3 Å². The maximum Gasteiger partial charge on any atom is 0.410 e. The highest BCUT2D eigenvalue weighted by Crippen LogP contribution is 2.18. The number of amides is 1. The Bertz CT molecular complexity index is 493. The lowest BCUT2D eigenvalue weighted by atomic mass is 10.1. The molecule has 22 heavy (non-hydrogen) atoms. The van der Waals surface area contributed by atoms with Gasteiger partial charge in [-0.2, -0.15) is 0 Å². The summed E-state index contributed by atoms with van der Waals surface area (Å²) in [4.78, 5) is 15.8. The van der Waals surface area contributed by atoms with Crippen LogP contribution in [0.15, 0.2) is 30.3 Å². The Morgan fingerprint density at radius 1 is 1.27 bits per heavy atom. The maximum atomic E-state index is 13.6. The van der Waals surface area contributed by atoms with Crippen LogP contribution in [-0.4, -0.2) is 67.4 Å². The zero-order valence-electron chi connectivity index (χ0n) is 12.6. The number of ether oxygens (including phenoxy) is 1. The molecule has 1 aromatic rings. The van der Waals surface area contributed by atoms with Crippen molar-refractivity contribution in [2.45, 2.75) is 18.8 Å². The van der Waals surface area contributed by atoms with Gasteiger partial charge in [0.05, 0.1) is 0 Å². The Morgan fingerprint density at radius 3 is 2.82 bits per heavy atom. The van der Waals surface area contributed by atoms with Crippen LogP contribution in [0.5, 0.6) is 0 Å². The first-order chi connectivity index (χ1) is 10.7. The molecule has 6 heteroatoms. The van der Waals surface area contributed by atoms with Crippen LogP contribution >= 0.6 is 0 Å². The van der Waals surface area contributed by atoms with Crippen LogP contribution in [0.4, 0.5) is 9.18 Å². The minimum atomic E-state index is -0.832. The predicted octanol–water partition coefficient (Wildman–Crippen LogP) is 1.25. The fourth-order valence-corrected chi connectivity index (χ4v) is 2.87. The van der Waals surface area contributed by atoms with Gasteiger partial charge in [0.2, 0.25) is 0 Å². The van der Waals surface area contributed by atoms with Crippen molar-refractivity contribution >= 4 is 6.09 Å². The Hall–Kier alpha value is -1.66. The topological polar surface area (TPSA) is 44.8 Å². The van der Waals surface area contributed by atoms with Gasteiger partial charge in [0.1, 0.15) is 12.8 Å². The molecular formula is C16H22FN3O2. The van der Waals surface area contributed by atoms with Gasteiger partial charge in [-0.3, -0.25) is 4.90 Å². The van der Waals surface area contributed by atoms with Crippen LogP contribution in [0.1, 0.15) is 5.56 Å². The molecule has 0 saturated carbocycles. The minimum Gasteiger partial charge on any atom is -0.445 e. The molecule has 0 aliphatic carbocycles. The monoisotopic (exact) mass is 307 g/mol. The Balaban J connectivity index is 1.41. The quantitative estimate of drug-likeness (QED) is 0.913. The molecule has 2 aliphatic rings. The normalized spacial score (nSPS) is 23.7. The van der Waals surface area contributed by atoms with E-state index in [2.05, 4.69) is 10.2 Å². The minimum absolute atomic E-state index is 0.252. The molecule has 0 spiro atoms. The van der Waals surface area contributed by atoms with Crippen molar-refractivity contribution in [1.82, 2.24) is 15.1 Å². The van der Waals surface area contributed by atoms with Gasteiger partial charge in [-0.1, -0.05) is 30.3 Å². The lowest BCUT2D eigenvalue weighted by Gasteiger charge is -2.44. The summed E-state index contributed by atoms with van der Waals surface area (Å²) in [6, 6.07) is 9.88. The second-order valence-electron chi connectivity index (χ2n) is 5.90. The SMILES string of the molecule is O=C(OCc1ccccc1)N1CC(N2CCNC[C@H](F)C2)C1. The van der Waals surface area contributed by atoms with Gasteiger partial charge in [-0.25, -0.2) is 9.18 Å². The molecule has 1 N–H and O–H groups in total. The lowest BCUT2D eigenvalue weighted by Crippen LogP contribution is -2.62. The van der Waals surface area contributed by atoms with E-state index in [0.717, 1.165) is 18.7 Å². The number of carbonyl (C=O) groups excluding carboxylic acids is 1. The summed E-state index contributed by atoms with van der Waals surface area (Å²) in [5, 5.41) is 3.08. The molecule has 2 heterocycles. The highest BCUT2D eigenvalue weighted by atomic mass is 19.1. The van der Waals surface area contributed by atoms with Gasteiger partial charge in [0, 0.05) is 45.3 Å². The smallest absolute Gasteiger partial charge is 0.410 e. The molecule has 1 atom stereocenters. The average molecular weight is 307 g/mol. The summed E-state index contributed by atoms with van der Waals surface area (Å²) in [5.74, 6) is 0. The van der Waals surface area contributed by atoms with Gasteiger partial charge in [0.15, 0.2) is 0 Å². The maximum absolute atomic E-state index is 13.6. The Morgan fingerprint density at radius 2 is 2.05 bits per heavy atom. The Kier molecular flexibility index (Phi) is 4.90. The number of hydrogen-bond donors (Lipinski definition) is 1. The van der Waals surface area contributed by atoms with E-state index < -0.39 is 6.17 Å². The molecule has 1 aromatic carbocycles. The second-order valence-corrected chi connectivity index (χ2v) is 5.90. The zero-order valence-corrected chi connectivity index (χ0v) is 12.6. The van der Waals surface area contributed by atoms with E-state index >= 15 is 0 Å². The molecule has 3 rings (SSSR count). The van der Waals surface area contributed by atoms with Gasteiger partial charge in [-0.05, 0) is 5.56 Å². The van der Waals surface area contributed by atoms with Crippen molar-refractivity contribution in [3.63, 3.8) is 0 Å². The molecule has 120 valence electrons. The number of rotatable bonds is 3. The number of hydrogen-bond acceptors (Lipinski definition) is 4. The number of likely N-dealkylation sites (tertiary alicyclic amines) is 1. The number of carbonyl (C=O) groups is 1. The highest BCUT2D eigenvalue weighted by molar-refractivity contribution is 5.68. The number of nitrogens with one attached hydrogen (secondary N) is 1. The molecule has 5 nitrogen and oxygen atoms in total. The summed E-state index contributed by atoms with van der Waals surface area (Å²) in [5.41, 5.74) is 0.979. The van der Waals surface area contributed by atoms with E-state index in [0.29, 0.717) is 32.8 Å². The van der Waals surface area contributed by atoms with Gasteiger partial charge >= 0.3 is 6.09 Å². The first-order valence-electron chi connectivity index (χ1n) is 7.77. The molecule has 0 aromatic heterocycles. The zero-order chi connectivity index (χ0) is 15.4. The fourth-order valence-electron chi connectivity index (χ4n) is 2.87. The predicted molar refractivity (Wildman–Crippen MR) is 81.3 cm³/mol. The van der Waals surface area contributed by atoms with Crippen molar-refractivity contribution in [2.24, 2.45) is 0 Å². The van der Waals surface area contributed by atoms with Gasteiger partial charge in [0.25, 0.3) is 0 Å². The number of nitrogens with zero attached hydrogens (tertiary/aromatic N) is 2. The van der Waals surface area contributed by atoms with Crippen LogP contribution in [0, 0.1) is 0 Å². The van der Waals surface area contributed by atoms with Crippen molar-refractivity contribution in [1.29, 1.82) is 0 Å². The van der Waals surface area contributed by atoms with Crippen LogP contribution in [0.3, 0.4) is 0 Å². The van der Waals surface area contributed by atoms with Crippen LogP contribution in [0.2, 0.25) is 0 Å². The van der Waals surface area contributed by atoms with Crippen LogP contribution < -0.4 is 5.32 Å². The molecule has 0 radical (unpaired) electrons. The second kappa shape index (κ2) is 7.07. The van der Waals surface area contributed by atoms with E-state index in [1.54, 1.807) is 4.90 Å². The number of benzene rings is 1. The first-order valence-corrected chi connectivity index (χ1v) is 7.77. The molecule has 2 aliphatic heterocycles. The average Bonchev–Trinajstić information content (AvgIpc) is 2.69. The van der Waals surface area contributed by atoms with E-state index in [1.165, 1.54) is 0 Å². The largest absolute Gasteiger partial charge is 0.445 e. The van der Waals surface area contributed by atoms with Gasteiger partial charge in [-0.15, -0.1) is 0 Å². The first kappa shape index (κ1) is 15.2. The standard InChI is InChI=1S/C16H22FN3O2/c17-14-8-18-6-7-19(9-14)15-10-20(11-15)16(21)22-12-13-4-2-1-3-5-13/h1-5,14-15,18H,6-12H2/t14-/m0/s1. The summed E-state index contributed by atoms with van der Waals surface area (Å²) < 4.78 is 18.9. The van der Waals surface area contributed by atoms with Crippen LogP contribution in [-0.2, 0) is 11.3 Å². The van der Waals surface area contributed by atoms with E-state index in [9.17, 15) is 9.18 Å². The van der Waals surface area contributed by atoms with Crippen molar-refractivity contribution < 1.29 is 13.9 Å². The third-order valence-electron chi connectivity index (χ3n) is 4.22. The third kappa shape index (κ3) is 3.75. The van der Waals surface area contributed by atoms with Crippen molar-refractivity contribution in [3.05, 3.63) is 35.9 Å². The van der Waals surface area contributed by atoms with E-state index in [-0.39, 0.29) is 12.1 Å². The van der Waals surface area contributed by atoms with Crippen molar-refractivity contribution in [2.75, 3.05) is 39.3 Å². The fraction of sp³-hybridized carbons (Fsp3) is 0.562. The van der Waals surface area contributed by atoms with E-state index in [4.69, 9.17) is 4.74 Å². The molecule has 0 bridgehead atoms. The molecule has 2 fully saturated rings. The summed E-state index contributed by atoms with van der Waals surface area (Å²) in [6.07, 6.45) is -1.12. The number of alkyl halides is 1. The van der Waals surface area contributed by atoms with Gasteiger partial charge < -0.3 is 15.0 Å². The summed E-state index contributed by atoms with van der Waals surface area (Å²) in [6.45, 7) is 4.05. The summed E-state index contributed by atoms with van der Waals surface area (Å²) >= 11 is 0. The third-order valence-corrected chi connectivity index (χ3v) is 4.22. The lowest BCUT2D eigenvalue weighted by molar-refractivity contribution is 0.0152. The van der Waals surface area contributed by atoms with Crippen LogP contribution in [0.25, 0.3) is 0 Å². The van der Waals surface area contributed by atoms with Crippen molar-refractivity contribution in [3.8, 4) is 0 Å². The number of halogens is 1. The molecular weight excluding hydrogens is 285 g/mol. The molecule has 1 amide bonds. The molecule has 0 unspecified atom stereocenters. The molecule has 2 saturated heterocycles. The summed E-state index contributed by atoms with van der Waals surface area (Å²) in [7, 11) is 0. The highest BCUT2D eigenvalue weighted by Gasteiger charge is 2.36. The Labute approximate surface area is 130 Å².